The number of aromatic nitrogens is 1. The molecule has 0 bridgehead atoms. The van der Waals surface area contributed by atoms with Crippen LogP contribution in [0.4, 0.5) is 0 Å². The highest BCUT2D eigenvalue weighted by Gasteiger charge is 2.34. The molecule has 4 rings (SSSR count). The Morgan fingerprint density at radius 2 is 1.97 bits per heavy atom. The molecule has 7 heteroatoms. The number of hydrogen-bond acceptors (Lipinski definition) is 5. The second-order valence-electron chi connectivity index (χ2n) is 7.33. The Morgan fingerprint density at radius 3 is 2.77 bits per heavy atom. The van der Waals surface area contributed by atoms with Gasteiger partial charge in [0.05, 0.1) is 18.0 Å². The van der Waals surface area contributed by atoms with Crippen molar-refractivity contribution in [3.8, 4) is 16.9 Å². The highest BCUT2D eigenvalue weighted by atomic mass is 32.2. The van der Waals surface area contributed by atoms with Crippen LogP contribution in [0, 0.1) is 6.92 Å². The summed E-state index contributed by atoms with van der Waals surface area (Å²) >= 11 is 0. The Balaban J connectivity index is 1.73. The minimum Gasteiger partial charge on any atom is -0.497 e. The first-order chi connectivity index (χ1) is 14.5. The molecule has 2 aromatic carbocycles. The van der Waals surface area contributed by atoms with Crippen LogP contribution in [0.25, 0.3) is 11.1 Å². The van der Waals surface area contributed by atoms with Gasteiger partial charge in [0.2, 0.25) is 10.0 Å². The lowest BCUT2D eigenvalue weighted by Crippen LogP contribution is -2.48. The van der Waals surface area contributed by atoms with E-state index in [1.54, 1.807) is 34.8 Å². The number of nitrogens with one attached hydrogen (secondary N) is 1. The molecule has 0 radical (unpaired) electrons. The zero-order valence-corrected chi connectivity index (χ0v) is 17.9. The van der Waals surface area contributed by atoms with Crippen LogP contribution >= 0.6 is 0 Å². The van der Waals surface area contributed by atoms with E-state index in [2.05, 4.69) is 16.4 Å². The molecule has 1 saturated heterocycles. The molecule has 1 aliphatic heterocycles. The summed E-state index contributed by atoms with van der Waals surface area (Å²) in [5, 5.41) is 3.34. The summed E-state index contributed by atoms with van der Waals surface area (Å²) in [7, 11) is -2.14. The van der Waals surface area contributed by atoms with Gasteiger partial charge in [0.1, 0.15) is 5.75 Å². The summed E-state index contributed by atoms with van der Waals surface area (Å²) in [6.07, 6.45) is 3.61. The molecule has 30 heavy (non-hydrogen) atoms. The van der Waals surface area contributed by atoms with Crippen LogP contribution in [0.1, 0.15) is 17.2 Å². The number of nitrogens with zero attached hydrogens (tertiary/aromatic N) is 2. The molecule has 1 aliphatic rings. The molecule has 1 unspecified atom stereocenters. The van der Waals surface area contributed by atoms with Crippen molar-refractivity contribution >= 4 is 10.0 Å². The summed E-state index contributed by atoms with van der Waals surface area (Å²) in [6, 6.07) is 16.4. The quantitative estimate of drug-likeness (QED) is 0.681. The molecule has 1 fully saturated rings. The zero-order valence-electron chi connectivity index (χ0n) is 17.1. The number of piperazine rings is 1. The lowest BCUT2D eigenvalue weighted by atomic mass is 9.97. The van der Waals surface area contributed by atoms with Crippen LogP contribution in [-0.4, -0.2) is 44.5 Å². The summed E-state index contributed by atoms with van der Waals surface area (Å²) in [5.74, 6) is 0.526. The Kier molecular flexibility index (Phi) is 5.85. The van der Waals surface area contributed by atoms with Gasteiger partial charge in [0, 0.05) is 38.1 Å². The molecule has 1 N–H and O–H groups in total. The number of ether oxygens (including phenoxy) is 1. The molecule has 0 aliphatic carbocycles. The zero-order chi connectivity index (χ0) is 21.1. The second kappa shape index (κ2) is 8.55. The standard InChI is InChI=1S/C23H25N3O3S/c1-17-15-24-10-9-22(17)18-5-3-6-19(13-18)23-16-25-11-12-26(23)30(27,28)21-8-4-7-20(14-21)29-2/h3-10,13-15,23,25H,11-12,16H2,1-2H3. The predicted octanol–water partition coefficient (Wildman–Crippen LogP) is 3.40. The minimum atomic E-state index is -3.67. The van der Waals surface area contributed by atoms with E-state index in [1.807, 2.05) is 37.4 Å². The molecule has 0 spiro atoms. The fourth-order valence-corrected chi connectivity index (χ4v) is 5.51. The normalized spacial score (nSPS) is 17.6. The number of benzene rings is 2. The molecule has 0 saturated carbocycles. The third kappa shape index (κ3) is 3.96. The Bertz CT molecular complexity index is 1150. The first-order valence-corrected chi connectivity index (χ1v) is 11.3. The summed E-state index contributed by atoms with van der Waals surface area (Å²) in [4.78, 5) is 4.41. The number of hydrogen-bond donors (Lipinski definition) is 1. The molecule has 0 amide bonds. The van der Waals surface area contributed by atoms with Gasteiger partial charge in [-0.25, -0.2) is 8.42 Å². The highest BCUT2D eigenvalue weighted by molar-refractivity contribution is 7.89. The lowest BCUT2D eigenvalue weighted by Gasteiger charge is -2.35. The van der Waals surface area contributed by atoms with E-state index in [4.69, 9.17) is 4.74 Å². The first-order valence-electron chi connectivity index (χ1n) is 9.88. The number of methoxy groups -OCH3 is 1. The fraction of sp³-hybridized carbons (Fsp3) is 0.261. The molecule has 156 valence electrons. The van der Waals surface area contributed by atoms with Crippen LogP contribution in [0.15, 0.2) is 71.9 Å². The third-order valence-corrected chi connectivity index (χ3v) is 7.35. The van der Waals surface area contributed by atoms with Gasteiger partial charge in [-0.3, -0.25) is 4.98 Å². The van der Waals surface area contributed by atoms with Crippen LogP contribution in [-0.2, 0) is 10.0 Å². The molecule has 1 aromatic heterocycles. The first kappa shape index (κ1) is 20.5. The average molecular weight is 424 g/mol. The number of pyridine rings is 1. The molecular formula is C23H25N3O3S. The van der Waals surface area contributed by atoms with Crippen LogP contribution in [0.3, 0.4) is 0 Å². The maximum Gasteiger partial charge on any atom is 0.243 e. The van der Waals surface area contributed by atoms with Gasteiger partial charge in [-0.15, -0.1) is 0 Å². The smallest absolute Gasteiger partial charge is 0.243 e. The molecule has 1 atom stereocenters. The van der Waals surface area contributed by atoms with Gasteiger partial charge in [-0.2, -0.15) is 4.31 Å². The maximum atomic E-state index is 13.5. The lowest BCUT2D eigenvalue weighted by molar-refractivity contribution is 0.271. The topological polar surface area (TPSA) is 71.5 Å². The SMILES string of the molecule is COc1cccc(S(=O)(=O)N2CCNCC2c2cccc(-c3ccncc3C)c2)c1. The Morgan fingerprint density at radius 1 is 1.13 bits per heavy atom. The molecule has 6 nitrogen and oxygen atoms in total. The second-order valence-corrected chi connectivity index (χ2v) is 9.22. The van der Waals surface area contributed by atoms with E-state index in [9.17, 15) is 8.42 Å². The van der Waals surface area contributed by atoms with Gasteiger partial charge in [0.15, 0.2) is 0 Å². The minimum absolute atomic E-state index is 0.245. The van der Waals surface area contributed by atoms with Crippen molar-refractivity contribution < 1.29 is 13.2 Å². The van der Waals surface area contributed by atoms with E-state index in [0.29, 0.717) is 25.4 Å². The number of rotatable bonds is 5. The van der Waals surface area contributed by atoms with Crippen LogP contribution < -0.4 is 10.1 Å². The number of aryl methyl sites for hydroxylation is 1. The van der Waals surface area contributed by atoms with Crippen molar-refractivity contribution in [3.63, 3.8) is 0 Å². The van der Waals surface area contributed by atoms with Crippen LogP contribution in [0.2, 0.25) is 0 Å². The van der Waals surface area contributed by atoms with E-state index in [0.717, 1.165) is 22.3 Å². The summed E-state index contributed by atoms with van der Waals surface area (Å²) in [6.45, 7) is 3.60. The van der Waals surface area contributed by atoms with Crippen LogP contribution in [0.5, 0.6) is 5.75 Å². The van der Waals surface area contributed by atoms with Gasteiger partial charge in [-0.05, 0) is 53.4 Å². The molecule has 3 aromatic rings. The third-order valence-electron chi connectivity index (χ3n) is 5.44. The van der Waals surface area contributed by atoms with Gasteiger partial charge >= 0.3 is 0 Å². The van der Waals surface area contributed by atoms with E-state index in [-0.39, 0.29) is 10.9 Å². The largest absolute Gasteiger partial charge is 0.497 e. The van der Waals surface area contributed by atoms with E-state index in [1.165, 1.54) is 7.11 Å². The van der Waals surface area contributed by atoms with Gasteiger partial charge in [-0.1, -0.05) is 24.3 Å². The van der Waals surface area contributed by atoms with E-state index < -0.39 is 10.0 Å². The predicted molar refractivity (Wildman–Crippen MR) is 117 cm³/mol. The highest BCUT2D eigenvalue weighted by Crippen LogP contribution is 2.32. The molecule has 2 heterocycles. The fourth-order valence-electron chi connectivity index (χ4n) is 3.87. The van der Waals surface area contributed by atoms with Crippen molar-refractivity contribution in [1.82, 2.24) is 14.6 Å². The maximum absolute atomic E-state index is 13.5. The summed E-state index contributed by atoms with van der Waals surface area (Å²) < 4.78 is 33.8. The van der Waals surface area contributed by atoms with Crippen molar-refractivity contribution in [2.75, 3.05) is 26.7 Å². The Labute approximate surface area is 177 Å². The van der Waals surface area contributed by atoms with Gasteiger partial charge in [0.25, 0.3) is 0 Å². The Hall–Kier alpha value is -2.74. The van der Waals surface area contributed by atoms with Crippen molar-refractivity contribution in [1.29, 1.82) is 0 Å². The van der Waals surface area contributed by atoms with Gasteiger partial charge < -0.3 is 10.1 Å². The van der Waals surface area contributed by atoms with E-state index >= 15 is 0 Å². The summed E-state index contributed by atoms with van der Waals surface area (Å²) in [5.41, 5.74) is 4.19. The number of sulfonamides is 1. The van der Waals surface area contributed by atoms with Crippen molar-refractivity contribution in [2.24, 2.45) is 0 Å². The monoisotopic (exact) mass is 423 g/mol. The molecular weight excluding hydrogens is 398 g/mol. The van der Waals surface area contributed by atoms with Crippen molar-refractivity contribution in [3.05, 3.63) is 78.1 Å². The van der Waals surface area contributed by atoms with Crippen molar-refractivity contribution in [2.45, 2.75) is 17.9 Å². The average Bonchev–Trinajstić information content (AvgIpc) is 2.79.